The summed E-state index contributed by atoms with van der Waals surface area (Å²) in [5.41, 5.74) is 0.688. The van der Waals surface area contributed by atoms with Gasteiger partial charge in [0.25, 0.3) is 0 Å². The Bertz CT molecular complexity index is 1300. The minimum absolute atomic E-state index is 0.0737. The summed E-state index contributed by atoms with van der Waals surface area (Å²) in [6.07, 6.45) is 19.4. The van der Waals surface area contributed by atoms with Crippen molar-refractivity contribution in [2.24, 2.45) is 16.7 Å². The highest BCUT2D eigenvalue weighted by Crippen LogP contribution is 2.52. The van der Waals surface area contributed by atoms with Gasteiger partial charge < -0.3 is 39.3 Å². The van der Waals surface area contributed by atoms with E-state index < -0.39 is 0 Å². The highest BCUT2D eigenvalue weighted by atomic mass is 16.6. The first-order chi connectivity index (χ1) is 28.1. The lowest BCUT2D eigenvalue weighted by molar-refractivity contribution is -0.136. The molecule has 0 bridgehead atoms. The van der Waals surface area contributed by atoms with Crippen LogP contribution in [0.5, 0.6) is 0 Å². The van der Waals surface area contributed by atoms with Gasteiger partial charge in [-0.3, -0.25) is 14.5 Å². The van der Waals surface area contributed by atoms with Crippen LogP contribution in [0.2, 0.25) is 0 Å². The van der Waals surface area contributed by atoms with Crippen LogP contribution < -0.4 is 5.32 Å². The second-order valence-corrected chi connectivity index (χ2v) is 19.4. The third-order valence-corrected chi connectivity index (χ3v) is 16.0. The molecule has 58 heavy (non-hydrogen) atoms. The predicted octanol–water partition coefficient (Wildman–Crippen LogP) is 5.56. The van der Waals surface area contributed by atoms with Gasteiger partial charge in [0.2, 0.25) is 11.8 Å². The molecule has 0 aromatic carbocycles. The van der Waals surface area contributed by atoms with Crippen molar-refractivity contribution in [2.45, 2.75) is 160 Å². The number of hydrogen-bond acceptors (Lipinski definition) is 9. The van der Waals surface area contributed by atoms with E-state index in [-0.39, 0.29) is 24.1 Å². The Morgan fingerprint density at radius 2 is 1.12 bits per heavy atom. The van der Waals surface area contributed by atoms with Crippen LogP contribution in [0.1, 0.15) is 130 Å². The summed E-state index contributed by atoms with van der Waals surface area (Å²) in [5, 5.41) is 2.87. The fraction of sp³-hybridized carbons (Fsp3) is 0.911. The van der Waals surface area contributed by atoms with Crippen molar-refractivity contribution >= 4 is 24.0 Å². The zero-order valence-corrected chi connectivity index (χ0v) is 36.6. The molecule has 8 fully saturated rings. The van der Waals surface area contributed by atoms with E-state index in [1.807, 2.05) is 30.6 Å². The van der Waals surface area contributed by atoms with E-state index in [4.69, 9.17) is 9.47 Å². The summed E-state index contributed by atoms with van der Waals surface area (Å²) < 4.78 is 10.4. The fourth-order valence-electron chi connectivity index (χ4n) is 12.7. The number of piperidine rings is 4. The largest absolute Gasteiger partial charge is 0.450 e. The predicted molar refractivity (Wildman–Crippen MR) is 224 cm³/mol. The molecular formula is C45H77N7O6. The van der Waals surface area contributed by atoms with Crippen molar-refractivity contribution in [3.8, 4) is 0 Å². The highest BCUT2D eigenvalue weighted by molar-refractivity contribution is 5.81. The average molecular weight is 812 g/mol. The molecule has 8 aliphatic rings. The first-order valence-electron chi connectivity index (χ1n) is 23.7. The van der Waals surface area contributed by atoms with E-state index in [0.717, 1.165) is 71.6 Å². The summed E-state index contributed by atoms with van der Waals surface area (Å²) in [7, 11) is 1.76. The number of nitrogens with zero attached hydrogens (tertiary/aromatic N) is 6. The SMILES string of the molecule is CCOC(=O)N1CCC2(CC(N3CCC(C4CCCCN4C(=O)CC)CC3)C2)C1.CCOC(=O)N1CCC2(CC(N3CCC(N4CCCC[C@H]4C(=O)NC)CC3)C2)C1. The Kier molecular flexibility index (Phi) is 14.5. The number of ether oxygens (including phenoxy) is 2. The maximum atomic E-state index is 12.4. The van der Waals surface area contributed by atoms with Crippen LogP contribution in [-0.4, -0.2) is 169 Å². The van der Waals surface area contributed by atoms with E-state index in [0.29, 0.717) is 66.5 Å². The molecule has 6 heterocycles. The summed E-state index contributed by atoms with van der Waals surface area (Å²) in [6, 6.07) is 2.48. The van der Waals surface area contributed by atoms with Crippen LogP contribution in [-0.2, 0) is 19.1 Å². The summed E-state index contributed by atoms with van der Waals surface area (Å²) in [5.74, 6) is 1.23. The second kappa shape index (κ2) is 19.4. The molecule has 1 N–H and O–H groups in total. The fourth-order valence-corrected chi connectivity index (χ4v) is 12.7. The summed E-state index contributed by atoms with van der Waals surface area (Å²) in [4.78, 5) is 62.6. The van der Waals surface area contributed by atoms with Gasteiger partial charge >= 0.3 is 12.2 Å². The monoisotopic (exact) mass is 812 g/mol. The smallest absolute Gasteiger partial charge is 0.409 e. The van der Waals surface area contributed by atoms with Crippen LogP contribution in [0, 0.1) is 16.7 Å². The topological polar surface area (TPSA) is 118 Å². The van der Waals surface area contributed by atoms with Gasteiger partial charge in [-0.1, -0.05) is 13.3 Å². The molecule has 0 aromatic rings. The Morgan fingerprint density at radius 3 is 1.64 bits per heavy atom. The molecule has 1 unspecified atom stereocenters. The molecule has 8 rings (SSSR count). The van der Waals surface area contributed by atoms with Gasteiger partial charge in [-0.05, 0) is 160 Å². The van der Waals surface area contributed by atoms with Crippen LogP contribution in [0.15, 0.2) is 0 Å². The zero-order valence-electron chi connectivity index (χ0n) is 36.6. The van der Waals surface area contributed by atoms with Crippen molar-refractivity contribution in [3.05, 3.63) is 0 Å². The van der Waals surface area contributed by atoms with Crippen LogP contribution >= 0.6 is 0 Å². The maximum absolute atomic E-state index is 12.4. The van der Waals surface area contributed by atoms with Crippen molar-refractivity contribution in [2.75, 3.05) is 85.7 Å². The van der Waals surface area contributed by atoms with E-state index >= 15 is 0 Å². The minimum atomic E-state index is -0.138. The third kappa shape index (κ3) is 9.61. The summed E-state index contributed by atoms with van der Waals surface area (Å²) >= 11 is 0. The minimum Gasteiger partial charge on any atom is -0.450 e. The third-order valence-electron chi connectivity index (χ3n) is 16.0. The average Bonchev–Trinajstić information content (AvgIpc) is 3.90. The van der Waals surface area contributed by atoms with Gasteiger partial charge in [0.1, 0.15) is 0 Å². The maximum Gasteiger partial charge on any atom is 0.409 e. The van der Waals surface area contributed by atoms with Crippen molar-refractivity contribution < 1.29 is 28.7 Å². The number of carbonyl (C=O) groups is 4. The van der Waals surface area contributed by atoms with E-state index in [1.54, 1.807) is 7.05 Å². The number of carbonyl (C=O) groups excluding carboxylic acids is 4. The molecule has 0 radical (unpaired) electrons. The highest BCUT2D eigenvalue weighted by Gasteiger charge is 2.53. The second-order valence-electron chi connectivity index (χ2n) is 19.4. The number of likely N-dealkylation sites (N-methyl/N-ethyl adjacent to an activating group) is 1. The molecule has 6 saturated heterocycles. The molecular weight excluding hydrogens is 735 g/mol. The molecule has 2 aliphatic carbocycles. The summed E-state index contributed by atoms with van der Waals surface area (Å²) in [6.45, 7) is 16.8. The number of hydrogen-bond donors (Lipinski definition) is 1. The molecule has 6 aliphatic heterocycles. The molecule has 2 saturated carbocycles. The molecule has 13 heteroatoms. The first kappa shape index (κ1) is 43.4. The Labute approximate surface area is 349 Å². The molecule has 2 spiro atoms. The molecule has 2 atom stereocenters. The van der Waals surface area contributed by atoms with E-state index in [2.05, 4.69) is 24.9 Å². The standard InChI is InChI=1S/C23H39N3O3.C22H38N4O3/c1-3-21(27)26-11-6-5-7-20(26)18-8-12-24(13-9-18)19-15-23(16-19)10-14-25(17-23)22(28)29-4-2;1-3-29-21(28)25-13-9-22(16-25)14-18(15-22)24-11-7-17(8-12-24)26-10-5-4-6-19(26)20(27)23-2/h18-20H,3-17H2,1-2H3;17-19H,3-16H2,1-2H3,(H,23,27)/t;18?,19-,22?/m.0/s1. The van der Waals surface area contributed by atoms with Gasteiger partial charge in [-0.25, -0.2) is 9.59 Å². The van der Waals surface area contributed by atoms with Gasteiger partial charge in [0.05, 0.1) is 19.3 Å². The Balaban J connectivity index is 0.000000177. The number of likely N-dealkylation sites (tertiary alicyclic amines) is 6. The molecule has 0 aromatic heterocycles. The van der Waals surface area contributed by atoms with Gasteiger partial charge in [-0.15, -0.1) is 0 Å². The number of nitrogens with one attached hydrogen (secondary N) is 1. The van der Waals surface area contributed by atoms with Gasteiger partial charge in [0.15, 0.2) is 0 Å². The Hall–Kier alpha value is -2.64. The van der Waals surface area contributed by atoms with Crippen molar-refractivity contribution in [1.29, 1.82) is 0 Å². The normalized spacial score (nSPS) is 34.0. The number of amides is 4. The lowest BCUT2D eigenvalue weighted by Gasteiger charge is -2.52. The van der Waals surface area contributed by atoms with E-state index in [1.165, 1.54) is 96.6 Å². The van der Waals surface area contributed by atoms with Gasteiger partial charge in [0, 0.05) is 70.4 Å². The van der Waals surface area contributed by atoms with Crippen molar-refractivity contribution in [3.63, 3.8) is 0 Å². The Morgan fingerprint density at radius 1 is 0.603 bits per heavy atom. The van der Waals surface area contributed by atoms with Crippen molar-refractivity contribution in [1.82, 2.24) is 34.7 Å². The molecule has 13 nitrogen and oxygen atoms in total. The zero-order chi connectivity index (χ0) is 40.9. The van der Waals surface area contributed by atoms with Crippen LogP contribution in [0.25, 0.3) is 0 Å². The first-order valence-corrected chi connectivity index (χ1v) is 23.7. The van der Waals surface area contributed by atoms with Crippen LogP contribution in [0.4, 0.5) is 9.59 Å². The molecule has 328 valence electrons. The quantitative estimate of drug-likeness (QED) is 0.336. The van der Waals surface area contributed by atoms with Gasteiger partial charge in [-0.2, -0.15) is 0 Å². The van der Waals surface area contributed by atoms with E-state index in [9.17, 15) is 19.2 Å². The van der Waals surface area contributed by atoms with Crippen LogP contribution in [0.3, 0.4) is 0 Å². The lowest BCUT2D eigenvalue weighted by Crippen LogP contribution is -2.58. The lowest BCUT2D eigenvalue weighted by atomic mass is 9.64. The number of rotatable bonds is 8. The molecule has 4 amide bonds.